The van der Waals surface area contributed by atoms with Crippen molar-refractivity contribution >= 4 is 22.6 Å². The summed E-state index contributed by atoms with van der Waals surface area (Å²) in [4.78, 5) is 0. The molecule has 62 valence electrons. The summed E-state index contributed by atoms with van der Waals surface area (Å²) in [5.74, 6) is 0. The van der Waals surface area contributed by atoms with Gasteiger partial charge in [-0.3, -0.25) is 0 Å². The summed E-state index contributed by atoms with van der Waals surface area (Å²) in [6.07, 6.45) is 0. The van der Waals surface area contributed by atoms with Crippen LogP contribution in [0.25, 0.3) is 11.0 Å². The van der Waals surface area contributed by atoms with Gasteiger partial charge in [0.15, 0.2) is 0 Å². The smallest absolute Gasteiger partial charge is 0.117 e. The van der Waals surface area contributed by atoms with Gasteiger partial charge in [-0.1, -0.05) is 11.3 Å². The number of fused-ring (bicyclic) bond motifs is 1. The predicted octanol–water partition coefficient (Wildman–Crippen LogP) is 1.94. The van der Waals surface area contributed by atoms with E-state index in [2.05, 4.69) is 10.3 Å². The Kier molecular flexibility index (Phi) is 1.73. The first-order chi connectivity index (χ1) is 5.81. The van der Waals surface area contributed by atoms with Gasteiger partial charge in [0.1, 0.15) is 11.5 Å². The number of benzene rings is 1. The minimum Gasteiger partial charge on any atom is -0.230 e. The fourth-order valence-electron chi connectivity index (χ4n) is 1.17. The van der Waals surface area contributed by atoms with E-state index in [1.165, 1.54) is 5.56 Å². The molecule has 0 fully saturated rings. The van der Waals surface area contributed by atoms with Crippen LogP contribution < -0.4 is 0 Å². The Labute approximate surface area is 74.9 Å². The van der Waals surface area contributed by atoms with E-state index in [0.717, 1.165) is 11.0 Å². The van der Waals surface area contributed by atoms with Crippen LogP contribution in [0.15, 0.2) is 18.2 Å². The summed E-state index contributed by atoms with van der Waals surface area (Å²) in [6.45, 7) is 2.03. The molecule has 1 aromatic carbocycles. The second-order valence-corrected chi connectivity index (χ2v) is 2.94. The van der Waals surface area contributed by atoms with E-state index < -0.39 is 0 Å². The maximum absolute atomic E-state index is 5.65. The summed E-state index contributed by atoms with van der Waals surface area (Å²) in [7, 11) is 0. The zero-order valence-electron chi connectivity index (χ0n) is 6.66. The number of halogens is 1. The topological polar surface area (TPSA) is 30.7 Å². The zero-order valence-corrected chi connectivity index (χ0v) is 7.41. The third-order valence-corrected chi connectivity index (χ3v) is 2.01. The molecule has 2 aromatic rings. The van der Waals surface area contributed by atoms with Gasteiger partial charge in [0.05, 0.1) is 5.52 Å². The number of hydrogen-bond acceptors (Lipinski definition) is 2. The van der Waals surface area contributed by atoms with Crippen molar-refractivity contribution in [1.82, 2.24) is 15.0 Å². The molecular formula is C8H8ClN3. The lowest BCUT2D eigenvalue weighted by molar-refractivity contribution is 0.717. The number of hydrogen-bond donors (Lipinski definition) is 0. The second-order valence-electron chi connectivity index (χ2n) is 2.70. The molecule has 3 nitrogen and oxygen atoms in total. The number of alkyl halides is 1. The van der Waals surface area contributed by atoms with Crippen molar-refractivity contribution in [3.8, 4) is 0 Å². The van der Waals surface area contributed by atoms with Crippen LogP contribution in [0.4, 0.5) is 0 Å². The maximum atomic E-state index is 5.65. The van der Waals surface area contributed by atoms with Crippen LogP contribution >= 0.6 is 11.6 Å². The van der Waals surface area contributed by atoms with E-state index >= 15 is 0 Å². The molecule has 0 aliphatic heterocycles. The highest BCUT2D eigenvalue weighted by Gasteiger charge is 2.01. The van der Waals surface area contributed by atoms with Crippen LogP contribution in [0.5, 0.6) is 0 Å². The Morgan fingerprint density at radius 3 is 3.08 bits per heavy atom. The highest BCUT2D eigenvalue weighted by Crippen LogP contribution is 2.12. The number of aromatic nitrogens is 3. The van der Waals surface area contributed by atoms with Crippen LogP contribution in [0.2, 0.25) is 0 Å². The first-order valence-corrected chi connectivity index (χ1v) is 4.20. The molecule has 2 rings (SSSR count). The van der Waals surface area contributed by atoms with Crippen molar-refractivity contribution in [2.75, 3.05) is 0 Å². The number of nitrogens with zero attached hydrogens (tertiary/aromatic N) is 3. The van der Waals surface area contributed by atoms with Crippen LogP contribution in [0, 0.1) is 6.92 Å². The molecule has 0 aliphatic carbocycles. The van der Waals surface area contributed by atoms with Crippen LogP contribution in [-0.2, 0) is 6.00 Å². The van der Waals surface area contributed by atoms with Gasteiger partial charge in [-0.15, -0.1) is 16.7 Å². The molecule has 12 heavy (non-hydrogen) atoms. The van der Waals surface area contributed by atoms with Crippen LogP contribution in [0.3, 0.4) is 0 Å². The van der Waals surface area contributed by atoms with Crippen molar-refractivity contribution in [3.05, 3.63) is 23.8 Å². The van der Waals surface area contributed by atoms with Gasteiger partial charge in [0, 0.05) is 0 Å². The number of rotatable bonds is 1. The van der Waals surface area contributed by atoms with Gasteiger partial charge in [0.2, 0.25) is 0 Å². The van der Waals surface area contributed by atoms with E-state index in [4.69, 9.17) is 11.6 Å². The molecule has 0 spiro atoms. The third-order valence-electron chi connectivity index (χ3n) is 1.78. The Morgan fingerprint density at radius 1 is 1.50 bits per heavy atom. The molecular weight excluding hydrogens is 174 g/mol. The minimum atomic E-state index is 0.347. The lowest BCUT2D eigenvalue weighted by Crippen LogP contribution is -1.93. The Balaban J connectivity index is 2.73. The molecule has 1 aromatic heterocycles. The van der Waals surface area contributed by atoms with E-state index in [9.17, 15) is 0 Å². The summed E-state index contributed by atoms with van der Waals surface area (Å²) in [5.41, 5.74) is 3.07. The van der Waals surface area contributed by atoms with E-state index in [1.807, 2.05) is 25.1 Å². The summed E-state index contributed by atoms with van der Waals surface area (Å²) in [5, 5.41) is 7.87. The summed E-state index contributed by atoms with van der Waals surface area (Å²) < 4.78 is 1.66. The molecule has 0 aliphatic rings. The summed E-state index contributed by atoms with van der Waals surface area (Å²) in [6, 6.07) is 6.34. The largest absolute Gasteiger partial charge is 0.230 e. The predicted molar refractivity (Wildman–Crippen MR) is 48.1 cm³/mol. The van der Waals surface area contributed by atoms with Crippen LogP contribution in [0.1, 0.15) is 5.56 Å². The maximum Gasteiger partial charge on any atom is 0.117 e. The molecule has 0 bridgehead atoms. The van der Waals surface area contributed by atoms with Crippen molar-refractivity contribution in [2.45, 2.75) is 12.9 Å². The SMILES string of the molecule is Cc1ccc2c(c1)nnn2CCl. The van der Waals surface area contributed by atoms with Crippen molar-refractivity contribution < 1.29 is 0 Å². The normalized spacial score (nSPS) is 10.8. The molecule has 0 radical (unpaired) electrons. The quantitative estimate of drug-likeness (QED) is 0.630. The van der Waals surface area contributed by atoms with Gasteiger partial charge in [-0.2, -0.15) is 0 Å². The molecule has 0 N–H and O–H groups in total. The van der Waals surface area contributed by atoms with Gasteiger partial charge in [-0.05, 0) is 24.6 Å². The van der Waals surface area contributed by atoms with Crippen molar-refractivity contribution in [3.63, 3.8) is 0 Å². The fourth-order valence-corrected chi connectivity index (χ4v) is 1.35. The average molecular weight is 182 g/mol. The van der Waals surface area contributed by atoms with Crippen LogP contribution in [-0.4, -0.2) is 15.0 Å². The third kappa shape index (κ3) is 1.06. The van der Waals surface area contributed by atoms with Gasteiger partial charge in [-0.25, -0.2) is 4.68 Å². The Morgan fingerprint density at radius 2 is 2.33 bits per heavy atom. The Hall–Kier alpha value is -1.09. The molecule has 0 saturated carbocycles. The van der Waals surface area contributed by atoms with Crippen molar-refractivity contribution in [1.29, 1.82) is 0 Å². The van der Waals surface area contributed by atoms with Gasteiger partial charge < -0.3 is 0 Å². The van der Waals surface area contributed by atoms with Crippen molar-refractivity contribution in [2.24, 2.45) is 0 Å². The lowest BCUT2D eigenvalue weighted by Gasteiger charge is -1.94. The lowest BCUT2D eigenvalue weighted by atomic mass is 10.2. The second kappa shape index (κ2) is 2.75. The monoisotopic (exact) mass is 181 g/mol. The van der Waals surface area contributed by atoms with Gasteiger partial charge in [0.25, 0.3) is 0 Å². The first-order valence-electron chi connectivity index (χ1n) is 3.67. The fraction of sp³-hybridized carbons (Fsp3) is 0.250. The minimum absolute atomic E-state index is 0.347. The highest BCUT2D eigenvalue weighted by molar-refractivity contribution is 6.15. The summed E-state index contributed by atoms with van der Waals surface area (Å²) >= 11 is 5.65. The molecule has 0 atom stereocenters. The standard InChI is InChI=1S/C8H8ClN3/c1-6-2-3-8-7(4-6)10-11-12(8)5-9/h2-4H,5H2,1H3. The molecule has 0 amide bonds. The molecule has 4 heteroatoms. The molecule has 1 heterocycles. The average Bonchev–Trinajstić information content (AvgIpc) is 2.46. The molecule has 0 unspecified atom stereocenters. The highest BCUT2D eigenvalue weighted by atomic mass is 35.5. The van der Waals surface area contributed by atoms with E-state index in [0.29, 0.717) is 6.00 Å². The Bertz CT molecular complexity index is 408. The number of aryl methyl sites for hydroxylation is 1. The van der Waals surface area contributed by atoms with E-state index in [1.54, 1.807) is 4.68 Å². The van der Waals surface area contributed by atoms with Gasteiger partial charge >= 0.3 is 0 Å². The zero-order chi connectivity index (χ0) is 8.55. The van der Waals surface area contributed by atoms with E-state index in [-0.39, 0.29) is 0 Å². The first kappa shape index (κ1) is 7.55. The molecule has 0 saturated heterocycles.